The molecular weight excluding hydrogens is 330 g/mol. The predicted octanol–water partition coefficient (Wildman–Crippen LogP) is 2.20. The molecule has 2 aliphatic heterocycles. The number of amidine groups is 1. The van der Waals surface area contributed by atoms with Gasteiger partial charge in [-0.3, -0.25) is 20.2 Å². The summed E-state index contributed by atoms with van der Waals surface area (Å²) in [6, 6.07) is 0.480. The van der Waals surface area contributed by atoms with Crippen LogP contribution in [-0.4, -0.2) is 38.9 Å². The van der Waals surface area contributed by atoms with Gasteiger partial charge >= 0.3 is 0 Å². The van der Waals surface area contributed by atoms with Crippen LogP contribution >= 0.6 is 0 Å². The highest BCUT2D eigenvalue weighted by atomic mass is 16.2. The van der Waals surface area contributed by atoms with Gasteiger partial charge in [0.2, 0.25) is 5.96 Å². The fourth-order valence-electron chi connectivity index (χ4n) is 3.41. The number of aryl methyl sites for hydroxylation is 1. The highest BCUT2D eigenvalue weighted by molar-refractivity contribution is 6.29. The number of carbonyl (C=O) groups excluding carboxylic acids is 1. The molecule has 136 valence electrons. The van der Waals surface area contributed by atoms with Crippen LogP contribution in [0.2, 0.25) is 0 Å². The van der Waals surface area contributed by atoms with Crippen LogP contribution in [0.5, 0.6) is 0 Å². The van der Waals surface area contributed by atoms with Crippen molar-refractivity contribution in [1.29, 1.82) is 5.41 Å². The Balaban J connectivity index is 1.54. The third-order valence-corrected chi connectivity index (χ3v) is 5.14. The molecule has 3 N–H and O–H groups in total. The molecule has 0 unspecified atom stereocenters. The van der Waals surface area contributed by atoms with E-state index in [1.807, 2.05) is 31.0 Å². The number of nitrogens with one attached hydrogen (secondary N) is 3. The molecule has 4 rings (SSSR count). The minimum absolute atomic E-state index is 0.0433. The van der Waals surface area contributed by atoms with Crippen LogP contribution in [-0.2, 0) is 4.79 Å². The largest absolute Gasteiger partial charge is 0.358 e. The molecule has 1 aromatic heterocycles. The molecule has 0 atom stereocenters. The summed E-state index contributed by atoms with van der Waals surface area (Å²) in [5, 5.41) is 18.7. The lowest BCUT2D eigenvalue weighted by Gasteiger charge is -2.27. The molecule has 8 heteroatoms. The quantitative estimate of drug-likeness (QED) is 0.726. The number of aliphatic imine (C=N–C) groups is 1. The van der Waals surface area contributed by atoms with Crippen molar-refractivity contribution in [3.05, 3.63) is 35.4 Å². The first-order valence-corrected chi connectivity index (χ1v) is 8.99. The summed E-state index contributed by atoms with van der Waals surface area (Å²) in [4.78, 5) is 18.5. The van der Waals surface area contributed by atoms with E-state index in [-0.39, 0.29) is 17.3 Å². The maximum Gasteiger partial charge on any atom is 0.263 e. The smallest absolute Gasteiger partial charge is 0.263 e. The fourth-order valence-corrected chi connectivity index (χ4v) is 3.41. The summed E-state index contributed by atoms with van der Waals surface area (Å²) in [7, 11) is 0. The van der Waals surface area contributed by atoms with Gasteiger partial charge in [0.1, 0.15) is 0 Å². The van der Waals surface area contributed by atoms with Crippen LogP contribution in [0.15, 0.2) is 29.0 Å². The molecule has 3 heterocycles. The van der Waals surface area contributed by atoms with E-state index in [0.717, 1.165) is 42.9 Å². The molecule has 1 aliphatic carbocycles. The second-order valence-corrected chi connectivity index (χ2v) is 6.88. The maximum absolute atomic E-state index is 12.4. The van der Waals surface area contributed by atoms with Gasteiger partial charge in [0, 0.05) is 18.9 Å². The number of hydrogen-bond donors (Lipinski definition) is 3. The van der Waals surface area contributed by atoms with Crippen LogP contribution in [0.25, 0.3) is 0 Å². The van der Waals surface area contributed by atoms with E-state index in [0.29, 0.717) is 12.0 Å². The number of aromatic nitrogens is 2. The Labute approximate surface area is 152 Å². The Morgan fingerprint density at radius 2 is 2.19 bits per heavy atom. The predicted molar refractivity (Wildman–Crippen MR) is 100 cm³/mol. The Morgan fingerprint density at radius 1 is 1.38 bits per heavy atom. The highest BCUT2D eigenvalue weighted by Gasteiger charge is 2.27. The Kier molecular flexibility index (Phi) is 4.10. The van der Waals surface area contributed by atoms with Gasteiger partial charge in [-0.05, 0) is 39.5 Å². The van der Waals surface area contributed by atoms with Crippen molar-refractivity contribution in [3.8, 4) is 0 Å². The first-order valence-electron chi connectivity index (χ1n) is 8.99. The SMILES string of the molecule is Cc1nn(C2CCC2)c(C)c1N/C=C1\C(=N)N=C(N2C=CCC2)NC1=O. The number of hydrogen-bond acceptors (Lipinski definition) is 5. The van der Waals surface area contributed by atoms with Gasteiger partial charge in [-0.1, -0.05) is 6.08 Å². The zero-order valence-electron chi connectivity index (χ0n) is 15.0. The van der Waals surface area contributed by atoms with E-state index < -0.39 is 0 Å². The molecular formula is C18H23N7O. The van der Waals surface area contributed by atoms with Gasteiger partial charge in [0.05, 0.1) is 28.7 Å². The molecule has 0 aromatic carbocycles. The molecule has 1 aromatic rings. The number of carbonyl (C=O) groups is 1. The molecule has 1 saturated carbocycles. The van der Waals surface area contributed by atoms with E-state index in [2.05, 4.69) is 25.4 Å². The molecule has 3 aliphatic rings. The summed E-state index contributed by atoms with van der Waals surface area (Å²) >= 11 is 0. The molecule has 0 spiro atoms. The van der Waals surface area contributed by atoms with Crippen molar-refractivity contribution in [3.63, 3.8) is 0 Å². The van der Waals surface area contributed by atoms with Crippen LogP contribution in [0, 0.1) is 19.3 Å². The minimum atomic E-state index is -0.325. The molecule has 1 fully saturated rings. The molecule has 26 heavy (non-hydrogen) atoms. The number of anilines is 1. The average molecular weight is 353 g/mol. The first kappa shape index (κ1) is 16.6. The number of rotatable bonds is 3. The van der Waals surface area contributed by atoms with Gasteiger partial charge in [0.25, 0.3) is 5.91 Å². The lowest BCUT2D eigenvalue weighted by Crippen LogP contribution is -2.46. The highest BCUT2D eigenvalue weighted by Crippen LogP contribution is 2.34. The molecule has 0 saturated heterocycles. The Bertz CT molecular complexity index is 857. The van der Waals surface area contributed by atoms with Crippen LogP contribution in [0.4, 0.5) is 5.69 Å². The van der Waals surface area contributed by atoms with Gasteiger partial charge in [-0.2, -0.15) is 10.1 Å². The lowest BCUT2D eigenvalue weighted by atomic mass is 9.93. The van der Waals surface area contributed by atoms with Gasteiger partial charge in [-0.15, -0.1) is 0 Å². The summed E-state index contributed by atoms with van der Waals surface area (Å²) in [6.45, 7) is 4.75. The average Bonchev–Trinajstić information content (AvgIpc) is 3.16. The molecule has 0 bridgehead atoms. The van der Waals surface area contributed by atoms with Crippen LogP contribution in [0.3, 0.4) is 0 Å². The number of guanidine groups is 1. The van der Waals surface area contributed by atoms with E-state index in [9.17, 15) is 4.79 Å². The topological polar surface area (TPSA) is 98.4 Å². The lowest BCUT2D eigenvalue weighted by molar-refractivity contribution is -0.115. The first-order chi connectivity index (χ1) is 12.5. The summed E-state index contributed by atoms with van der Waals surface area (Å²) < 4.78 is 2.07. The van der Waals surface area contributed by atoms with E-state index >= 15 is 0 Å². The van der Waals surface area contributed by atoms with E-state index in [1.54, 1.807) is 6.20 Å². The number of amides is 1. The van der Waals surface area contributed by atoms with Gasteiger partial charge in [0.15, 0.2) is 5.84 Å². The van der Waals surface area contributed by atoms with Gasteiger partial charge in [-0.25, -0.2) is 0 Å². The van der Waals surface area contributed by atoms with Crippen molar-refractivity contribution >= 4 is 23.4 Å². The van der Waals surface area contributed by atoms with E-state index in [1.165, 1.54) is 6.42 Å². The number of nitrogens with zero attached hydrogens (tertiary/aromatic N) is 4. The fraction of sp³-hybridized carbons (Fsp3) is 0.444. The van der Waals surface area contributed by atoms with Crippen molar-refractivity contribution in [1.82, 2.24) is 20.0 Å². The molecule has 0 radical (unpaired) electrons. The maximum atomic E-state index is 12.4. The Morgan fingerprint density at radius 3 is 2.81 bits per heavy atom. The molecule has 1 amide bonds. The summed E-state index contributed by atoms with van der Waals surface area (Å²) in [6.07, 6.45) is 9.93. The second-order valence-electron chi connectivity index (χ2n) is 6.88. The van der Waals surface area contributed by atoms with Crippen LogP contribution < -0.4 is 10.6 Å². The summed E-state index contributed by atoms with van der Waals surface area (Å²) in [5.74, 6) is 0.0452. The summed E-state index contributed by atoms with van der Waals surface area (Å²) in [5.41, 5.74) is 3.05. The Hall–Kier alpha value is -2.90. The normalized spacial score (nSPS) is 21.8. The third-order valence-electron chi connectivity index (χ3n) is 5.14. The van der Waals surface area contributed by atoms with Crippen LogP contribution in [0.1, 0.15) is 43.1 Å². The third kappa shape index (κ3) is 2.81. The standard InChI is InChI=1S/C18H23N7O/c1-11-15(12(2)25(23-11)13-6-5-7-13)20-10-14-16(19)21-18(22-17(14)26)24-8-3-4-9-24/h3,8,10,13,20H,4-7,9H2,1-2H3,(H2,19,21,22,26)/b14-10+. The zero-order valence-corrected chi connectivity index (χ0v) is 15.0. The zero-order chi connectivity index (χ0) is 18.3. The van der Waals surface area contributed by atoms with E-state index in [4.69, 9.17) is 5.41 Å². The van der Waals surface area contributed by atoms with Crippen molar-refractivity contribution in [2.75, 3.05) is 11.9 Å². The second kappa shape index (κ2) is 6.44. The van der Waals surface area contributed by atoms with Crippen molar-refractivity contribution in [2.45, 2.75) is 45.6 Å². The molecule has 8 nitrogen and oxygen atoms in total. The monoisotopic (exact) mass is 353 g/mol. The minimum Gasteiger partial charge on any atom is -0.358 e. The van der Waals surface area contributed by atoms with Gasteiger partial charge < -0.3 is 10.2 Å². The van der Waals surface area contributed by atoms with Crippen molar-refractivity contribution < 1.29 is 4.79 Å². The van der Waals surface area contributed by atoms with Crippen molar-refractivity contribution in [2.24, 2.45) is 4.99 Å².